The van der Waals surface area contributed by atoms with E-state index >= 15 is 0 Å². The first-order valence-corrected chi connectivity index (χ1v) is 7.69. The van der Waals surface area contributed by atoms with E-state index in [1.54, 1.807) is 7.11 Å². The van der Waals surface area contributed by atoms with Gasteiger partial charge in [-0.3, -0.25) is 0 Å². The lowest BCUT2D eigenvalue weighted by molar-refractivity contribution is 0.128. The average molecular weight is 283 g/mol. The average Bonchev–Trinajstić information content (AvgIpc) is 2.48. The molecule has 2 rings (SSSR count). The van der Waals surface area contributed by atoms with Crippen molar-refractivity contribution in [3.63, 3.8) is 0 Å². The molecule has 1 aliphatic carbocycles. The highest BCUT2D eigenvalue weighted by Crippen LogP contribution is 2.32. The smallest absolute Gasteiger partial charge is 0.127 e. The minimum Gasteiger partial charge on any atom is -0.497 e. The van der Waals surface area contributed by atoms with Crippen molar-refractivity contribution in [2.45, 2.75) is 51.0 Å². The van der Waals surface area contributed by atoms with Crippen LogP contribution in [0.2, 0.25) is 0 Å². The van der Waals surface area contributed by atoms with Gasteiger partial charge < -0.3 is 9.47 Å². The predicted molar refractivity (Wildman–Crippen MR) is 79.2 cm³/mol. The quantitative estimate of drug-likeness (QED) is 0.724. The molecule has 1 fully saturated rings. The number of alkyl halides is 1. The summed E-state index contributed by atoms with van der Waals surface area (Å²) in [6.45, 7) is 2.28. The molecule has 0 radical (unpaired) electrons. The van der Waals surface area contributed by atoms with Gasteiger partial charge in [0.25, 0.3) is 0 Å². The van der Waals surface area contributed by atoms with Crippen LogP contribution in [0.1, 0.15) is 44.6 Å². The van der Waals surface area contributed by atoms with Gasteiger partial charge in [-0.25, -0.2) is 0 Å². The van der Waals surface area contributed by atoms with Gasteiger partial charge in [0.15, 0.2) is 0 Å². The molecule has 1 saturated carbocycles. The highest BCUT2D eigenvalue weighted by Gasteiger charge is 2.22. The summed E-state index contributed by atoms with van der Waals surface area (Å²) in [5, 5.41) is 0. The van der Waals surface area contributed by atoms with Crippen molar-refractivity contribution >= 4 is 11.6 Å². The molecule has 0 aromatic heterocycles. The van der Waals surface area contributed by atoms with E-state index in [-0.39, 0.29) is 0 Å². The molecule has 0 spiro atoms. The number of hydrogen-bond acceptors (Lipinski definition) is 2. The van der Waals surface area contributed by atoms with Crippen LogP contribution in [0.25, 0.3) is 0 Å². The Morgan fingerprint density at radius 3 is 2.53 bits per heavy atom. The summed E-state index contributed by atoms with van der Waals surface area (Å²) < 4.78 is 11.4. The standard InChI is InChI=1S/C16H23ClO2/c1-3-12-4-7-14(8-5-12)19-16-10-15(18-2)9-6-13(16)11-17/h6,9-10,12,14H,3-5,7-8,11H2,1-2H3. The molecular weight excluding hydrogens is 260 g/mol. The molecular formula is C16H23ClO2. The molecule has 0 N–H and O–H groups in total. The van der Waals surface area contributed by atoms with Crippen molar-refractivity contribution in [3.05, 3.63) is 23.8 Å². The summed E-state index contributed by atoms with van der Waals surface area (Å²) in [6, 6.07) is 5.86. The second-order valence-electron chi connectivity index (χ2n) is 5.28. The molecule has 0 atom stereocenters. The number of ether oxygens (including phenoxy) is 2. The normalized spacial score (nSPS) is 23.1. The van der Waals surface area contributed by atoms with Crippen LogP contribution in [0.3, 0.4) is 0 Å². The fourth-order valence-electron chi connectivity index (χ4n) is 2.72. The highest BCUT2D eigenvalue weighted by molar-refractivity contribution is 6.17. The number of halogens is 1. The third-order valence-corrected chi connectivity index (χ3v) is 4.37. The molecule has 0 heterocycles. The number of hydrogen-bond donors (Lipinski definition) is 0. The molecule has 1 aromatic carbocycles. The Morgan fingerprint density at radius 1 is 1.21 bits per heavy atom. The Morgan fingerprint density at radius 2 is 1.95 bits per heavy atom. The third-order valence-electron chi connectivity index (χ3n) is 4.08. The molecule has 0 amide bonds. The molecule has 0 aliphatic heterocycles. The molecule has 3 heteroatoms. The lowest BCUT2D eigenvalue weighted by Gasteiger charge is -2.29. The topological polar surface area (TPSA) is 18.5 Å². The molecule has 0 unspecified atom stereocenters. The van der Waals surface area contributed by atoms with Crippen LogP contribution in [0.4, 0.5) is 0 Å². The second-order valence-corrected chi connectivity index (χ2v) is 5.54. The van der Waals surface area contributed by atoms with Gasteiger partial charge in [0.2, 0.25) is 0 Å². The second kappa shape index (κ2) is 7.04. The zero-order valence-corrected chi connectivity index (χ0v) is 12.6. The van der Waals surface area contributed by atoms with Gasteiger partial charge >= 0.3 is 0 Å². The van der Waals surface area contributed by atoms with E-state index in [4.69, 9.17) is 21.1 Å². The molecule has 0 bridgehead atoms. The van der Waals surface area contributed by atoms with Crippen molar-refractivity contribution in [3.8, 4) is 11.5 Å². The number of rotatable bonds is 5. The van der Waals surface area contributed by atoms with E-state index < -0.39 is 0 Å². The Hall–Kier alpha value is -0.890. The molecule has 1 aliphatic rings. The van der Waals surface area contributed by atoms with Crippen molar-refractivity contribution < 1.29 is 9.47 Å². The molecule has 106 valence electrons. The van der Waals surface area contributed by atoms with Gasteiger partial charge in [-0.2, -0.15) is 0 Å². The SMILES string of the molecule is CCC1CCC(Oc2cc(OC)ccc2CCl)CC1. The van der Waals surface area contributed by atoms with E-state index in [0.717, 1.165) is 35.8 Å². The largest absolute Gasteiger partial charge is 0.497 e. The lowest BCUT2D eigenvalue weighted by atomic mass is 9.86. The fraction of sp³-hybridized carbons (Fsp3) is 0.625. The highest BCUT2D eigenvalue weighted by atomic mass is 35.5. The summed E-state index contributed by atoms with van der Waals surface area (Å²) in [5.74, 6) is 3.07. The number of methoxy groups -OCH3 is 1. The first kappa shape index (κ1) is 14.5. The summed E-state index contributed by atoms with van der Waals surface area (Å²) in [5.41, 5.74) is 1.04. The zero-order chi connectivity index (χ0) is 13.7. The van der Waals surface area contributed by atoms with Gasteiger partial charge in [-0.15, -0.1) is 11.6 Å². The Kier molecular flexibility index (Phi) is 5.38. The minimum atomic E-state index is 0.330. The van der Waals surface area contributed by atoms with Crippen molar-refractivity contribution in [1.29, 1.82) is 0 Å². The summed E-state index contributed by atoms with van der Waals surface area (Å²) >= 11 is 5.97. The van der Waals surface area contributed by atoms with E-state index in [2.05, 4.69) is 6.92 Å². The van der Waals surface area contributed by atoms with Crippen LogP contribution >= 0.6 is 11.6 Å². The van der Waals surface area contributed by atoms with Crippen molar-refractivity contribution in [2.75, 3.05) is 7.11 Å². The Bertz CT molecular complexity index is 398. The van der Waals surface area contributed by atoms with Crippen molar-refractivity contribution in [2.24, 2.45) is 5.92 Å². The van der Waals surface area contributed by atoms with E-state index in [9.17, 15) is 0 Å². The molecule has 1 aromatic rings. The van der Waals surface area contributed by atoms with Crippen LogP contribution < -0.4 is 9.47 Å². The van der Waals surface area contributed by atoms with Crippen LogP contribution in [-0.2, 0) is 5.88 Å². The first-order valence-electron chi connectivity index (χ1n) is 7.16. The van der Waals surface area contributed by atoms with E-state index in [0.29, 0.717) is 12.0 Å². The van der Waals surface area contributed by atoms with Crippen LogP contribution in [0, 0.1) is 5.92 Å². The molecule has 0 saturated heterocycles. The first-order chi connectivity index (χ1) is 9.26. The fourth-order valence-corrected chi connectivity index (χ4v) is 2.94. The summed E-state index contributed by atoms with van der Waals surface area (Å²) in [7, 11) is 1.67. The molecule has 2 nitrogen and oxygen atoms in total. The Labute approximate surface area is 121 Å². The molecule has 19 heavy (non-hydrogen) atoms. The zero-order valence-electron chi connectivity index (χ0n) is 11.8. The van der Waals surface area contributed by atoms with Crippen LogP contribution in [0.15, 0.2) is 18.2 Å². The van der Waals surface area contributed by atoms with Crippen molar-refractivity contribution in [1.82, 2.24) is 0 Å². The summed E-state index contributed by atoms with van der Waals surface area (Å²) in [4.78, 5) is 0. The maximum absolute atomic E-state index is 6.15. The predicted octanol–water partition coefficient (Wildman–Crippen LogP) is 4.78. The summed E-state index contributed by atoms with van der Waals surface area (Å²) in [6.07, 6.45) is 6.48. The van der Waals surface area contributed by atoms with Gasteiger partial charge in [-0.1, -0.05) is 19.4 Å². The van der Waals surface area contributed by atoms with Gasteiger partial charge in [-0.05, 0) is 37.7 Å². The van der Waals surface area contributed by atoms with Gasteiger partial charge in [0.1, 0.15) is 11.5 Å². The van der Waals surface area contributed by atoms with E-state index in [1.807, 2.05) is 18.2 Å². The van der Waals surface area contributed by atoms with Gasteiger partial charge in [0, 0.05) is 11.6 Å². The van der Waals surface area contributed by atoms with E-state index in [1.165, 1.54) is 19.3 Å². The maximum atomic E-state index is 6.15. The van der Waals surface area contributed by atoms with Crippen LogP contribution in [-0.4, -0.2) is 13.2 Å². The number of benzene rings is 1. The minimum absolute atomic E-state index is 0.330. The third kappa shape index (κ3) is 3.79. The monoisotopic (exact) mass is 282 g/mol. The Balaban J connectivity index is 2.02. The lowest BCUT2D eigenvalue weighted by Crippen LogP contribution is -2.24. The maximum Gasteiger partial charge on any atom is 0.127 e. The van der Waals surface area contributed by atoms with Crippen LogP contribution in [0.5, 0.6) is 11.5 Å². The van der Waals surface area contributed by atoms with Gasteiger partial charge in [0.05, 0.1) is 19.1 Å².